The lowest BCUT2D eigenvalue weighted by atomic mass is 10.0. The predicted molar refractivity (Wildman–Crippen MR) is 79.6 cm³/mol. The average Bonchev–Trinajstić information content (AvgIpc) is 3.14. The summed E-state index contributed by atoms with van der Waals surface area (Å²) in [5.41, 5.74) is -0.439. The molecule has 2 aromatic heterocycles. The SMILES string of the molecule is O=C(NC[C@@H]1CCO[C@@H]1c1nc(C2CC2)no1)c1ncc(F)cc1F. The van der Waals surface area contributed by atoms with Crippen LogP contribution in [0.15, 0.2) is 16.8 Å². The largest absolute Gasteiger partial charge is 0.368 e. The molecule has 0 spiro atoms. The number of halogens is 2. The third-order valence-electron chi connectivity index (χ3n) is 4.41. The van der Waals surface area contributed by atoms with Gasteiger partial charge in [-0.3, -0.25) is 4.79 Å². The fraction of sp³-hybridized carbons (Fsp3) is 0.500. The zero-order chi connectivity index (χ0) is 17.4. The number of carbonyl (C=O) groups excluding carboxylic acids is 1. The van der Waals surface area contributed by atoms with Crippen LogP contribution in [0.25, 0.3) is 0 Å². The molecule has 7 nitrogen and oxygen atoms in total. The maximum absolute atomic E-state index is 13.6. The second kappa shape index (κ2) is 6.47. The van der Waals surface area contributed by atoms with Gasteiger partial charge in [-0.25, -0.2) is 13.8 Å². The van der Waals surface area contributed by atoms with Gasteiger partial charge in [-0.1, -0.05) is 5.16 Å². The number of hydrogen-bond donors (Lipinski definition) is 1. The predicted octanol–water partition coefficient (Wildman–Crippen LogP) is 2.13. The van der Waals surface area contributed by atoms with Crippen molar-refractivity contribution < 1.29 is 22.8 Å². The molecule has 4 rings (SSSR count). The zero-order valence-corrected chi connectivity index (χ0v) is 13.2. The van der Waals surface area contributed by atoms with Gasteiger partial charge < -0.3 is 14.6 Å². The number of carbonyl (C=O) groups is 1. The molecule has 0 radical (unpaired) electrons. The molecule has 0 unspecified atom stereocenters. The summed E-state index contributed by atoms with van der Waals surface area (Å²) in [6, 6.07) is 0.626. The van der Waals surface area contributed by atoms with Crippen LogP contribution in [0.5, 0.6) is 0 Å². The molecule has 1 aliphatic carbocycles. The second-order valence-corrected chi connectivity index (χ2v) is 6.30. The van der Waals surface area contributed by atoms with Crippen molar-refractivity contribution in [2.24, 2.45) is 5.92 Å². The van der Waals surface area contributed by atoms with Gasteiger partial charge in [0, 0.05) is 31.1 Å². The Morgan fingerprint density at radius 1 is 1.32 bits per heavy atom. The first-order valence-corrected chi connectivity index (χ1v) is 8.16. The Labute approximate surface area is 141 Å². The molecule has 25 heavy (non-hydrogen) atoms. The lowest BCUT2D eigenvalue weighted by Gasteiger charge is -2.15. The molecule has 1 aliphatic heterocycles. The van der Waals surface area contributed by atoms with Crippen molar-refractivity contribution in [3.05, 3.63) is 41.3 Å². The fourth-order valence-electron chi connectivity index (χ4n) is 2.88. The van der Waals surface area contributed by atoms with Crippen LogP contribution < -0.4 is 5.32 Å². The second-order valence-electron chi connectivity index (χ2n) is 6.30. The Balaban J connectivity index is 1.40. The highest BCUT2D eigenvalue weighted by molar-refractivity contribution is 5.92. The van der Waals surface area contributed by atoms with Crippen LogP contribution in [0.3, 0.4) is 0 Å². The minimum absolute atomic E-state index is 0.0695. The molecule has 1 amide bonds. The molecule has 9 heteroatoms. The number of ether oxygens (including phenoxy) is 1. The summed E-state index contributed by atoms with van der Waals surface area (Å²) >= 11 is 0. The number of rotatable bonds is 5. The number of nitrogens with zero attached hydrogens (tertiary/aromatic N) is 3. The molecule has 0 aromatic carbocycles. The van der Waals surface area contributed by atoms with Gasteiger partial charge in [-0.15, -0.1) is 0 Å². The minimum atomic E-state index is -0.998. The van der Waals surface area contributed by atoms with Gasteiger partial charge in [0.2, 0.25) is 0 Å². The van der Waals surface area contributed by atoms with Crippen molar-refractivity contribution in [3.8, 4) is 0 Å². The lowest BCUT2D eigenvalue weighted by molar-refractivity contribution is 0.0612. The van der Waals surface area contributed by atoms with Crippen LogP contribution in [-0.2, 0) is 4.74 Å². The van der Waals surface area contributed by atoms with E-state index in [0.29, 0.717) is 36.7 Å². The van der Waals surface area contributed by atoms with E-state index in [1.54, 1.807) is 0 Å². The summed E-state index contributed by atoms with van der Waals surface area (Å²) < 4.78 is 37.4. The number of amides is 1. The van der Waals surface area contributed by atoms with Crippen molar-refractivity contribution in [2.45, 2.75) is 31.3 Å². The third kappa shape index (κ3) is 3.37. The van der Waals surface area contributed by atoms with Crippen molar-refractivity contribution >= 4 is 5.91 Å². The quantitative estimate of drug-likeness (QED) is 0.888. The van der Waals surface area contributed by atoms with E-state index in [-0.39, 0.29) is 12.5 Å². The summed E-state index contributed by atoms with van der Waals surface area (Å²) in [5, 5.41) is 6.58. The zero-order valence-electron chi connectivity index (χ0n) is 13.2. The maximum atomic E-state index is 13.6. The first kappa shape index (κ1) is 16.1. The van der Waals surface area contributed by atoms with Crippen LogP contribution in [-0.4, -0.2) is 34.2 Å². The Bertz CT molecular complexity index is 793. The first-order valence-electron chi connectivity index (χ1n) is 8.16. The smallest absolute Gasteiger partial charge is 0.272 e. The molecule has 2 atom stereocenters. The van der Waals surface area contributed by atoms with Gasteiger partial charge in [0.25, 0.3) is 11.8 Å². The van der Waals surface area contributed by atoms with E-state index >= 15 is 0 Å². The third-order valence-corrected chi connectivity index (χ3v) is 4.41. The van der Waals surface area contributed by atoms with Gasteiger partial charge in [0.05, 0.1) is 6.20 Å². The Morgan fingerprint density at radius 2 is 2.16 bits per heavy atom. The summed E-state index contributed by atoms with van der Waals surface area (Å²) in [6.07, 6.45) is 3.25. The van der Waals surface area contributed by atoms with E-state index in [0.717, 1.165) is 19.0 Å². The number of hydrogen-bond acceptors (Lipinski definition) is 6. The molecule has 2 aromatic rings. The van der Waals surface area contributed by atoms with E-state index in [2.05, 4.69) is 20.4 Å². The maximum Gasteiger partial charge on any atom is 0.272 e. The van der Waals surface area contributed by atoms with Crippen molar-refractivity contribution in [1.29, 1.82) is 0 Å². The van der Waals surface area contributed by atoms with Gasteiger partial charge in [-0.2, -0.15) is 4.98 Å². The van der Waals surface area contributed by atoms with Crippen molar-refractivity contribution in [3.63, 3.8) is 0 Å². The summed E-state index contributed by atoms with van der Waals surface area (Å²) in [6.45, 7) is 0.749. The standard InChI is InChI=1S/C16H16F2N4O3/c17-10-5-11(18)12(19-7-10)15(23)20-6-9-3-4-24-13(9)16-21-14(22-25-16)8-1-2-8/h5,7-9,13H,1-4,6H2,(H,20,23)/t9-,13-/m0/s1. The van der Waals surface area contributed by atoms with E-state index in [1.807, 2.05) is 0 Å². The van der Waals surface area contributed by atoms with E-state index in [4.69, 9.17) is 9.26 Å². The van der Waals surface area contributed by atoms with Crippen molar-refractivity contribution in [2.75, 3.05) is 13.2 Å². The molecule has 2 aliphatic rings. The van der Waals surface area contributed by atoms with Crippen molar-refractivity contribution in [1.82, 2.24) is 20.4 Å². The van der Waals surface area contributed by atoms with Gasteiger partial charge in [0.1, 0.15) is 11.9 Å². The molecule has 1 saturated carbocycles. The normalized spacial score (nSPS) is 23.0. The molecule has 1 saturated heterocycles. The average molecular weight is 350 g/mol. The van der Waals surface area contributed by atoms with Crippen LogP contribution in [0.4, 0.5) is 8.78 Å². The highest BCUT2D eigenvalue weighted by atomic mass is 19.1. The van der Waals surface area contributed by atoms with Crippen LogP contribution >= 0.6 is 0 Å². The molecular formula is C16H16F2N4O3. The molecule has 0 bridgehead atoms. The Kier molecular flexibility index (Phi) is 4.16. The molecule has 132 valence electrons. The molecule has 1 N–H and O–H groups in total. The number of nitrogens with one attached hydrogen (secondary N) is 1. The summed E-state index contributed by atoms with van der Waals surface area (Å²) in [4.78, 5) is 19.9. The Morgan fingerprint density at radius 3 is 2.92 bits per heavy atom. The molecule has 2 fully saturated rings. The van der Waals surface area contributed by atoms with Gasteiger partial charge in [0.15, 0.2) is 17.3 Å². The monoisotopic (exact) mass is 350 g/mol. The summed E-state index contributed by atoms with van der Waals surface area (Å²) in [7, 11) is 0. The van der Waals surface area contributed by atoms with E-state index in [1.165, 1.54) is 0 Å². The van der Waals surface area contributed by atoms with Crippen LogP contribution in [0.1, 0.15) is 53.5 Å². The van der Waals surface area contributed by atoms with E-state index in [9.17, 15) is 13.6 Å². The lowest BCUT2D eigenvalue weighted by Crippen LogP contribution is -2.31. The topological polar surface area (TPSA) is 90.1 Å². The molecule has 3 heterocycles. The number of aromatic nitrogens is 3. The Hall–Kier alpha value is -2.42. The van der Waals surface area contributed by atoms with Crippen LogP contribution in [0, 0.1) is 17.6 Å². The van der Waals surface area contributed by atoms with Gasteiger partial charge >= 0.3 is 0 Å². The number of pyridine rings is 1. The van der Waals surface area contributed by atoms with Crippen LogP contribution in [0.2, 0.25) is 0 Å². The highest BCUT2D eigenvalue weighted by Crippen LogP contribution is 2.40. The first-order chi connectivity index (χ1) is 12.1. The van der Waals surface area contributed by atoms with E-state index < -0.39 is 29.3 Å². The minimum Gasteiger partial charge on any atom is -0.368 e. The van der Waals surface area contributed by atoms with Gasteiger partial charge in [-0.05, 0) is 19.3 Å². The fourth-order valence-corrected chi connectivity index (χ4v) is 2.88. The summed E-state index contributed by atoms with van der Waals surface area (Å²) in [5.74, 6) is -1.11. The highest BCUT2D eigenvalue weighted by Gasteiger charge is 2.36. The molecular weight excluding hydrogens is 334 g/mol.